The van der Waals surface area contributed by atoms with Crippen LogP contribution < -0.4 is 0 Å². The number of rotatable bonds is 5. The fourth-order valence-electron chi connectivity index (χ4n) is 3.85. The standard InChI is InChI=1S/C21H22N2O5/c1-5-19(21(25)28-4)22-13(3)17-8-6-14(11-18(17)20(22)24)16-9-7-15(23(26)27)10-12(16)2/h6-11,13,19H,5H2,1-4H3. The number of fused-ring (bicyclic) bond motifs is 1. The quantitative estimate of drug-likeness (QED) is 0.442. The zero-order valence-electron chi connectivity index (χ0n) is 16.3. The predicted molar refractivity (Wildman–Crippen MR) is 104 cm³/mol. The van der Waals surface area contributed by atoms with Crippen LogP contribution in [-0.2, 0) is 9.53 Å². The van der Waals surface area contributed by atoms with Crippen molar-refractivity contribution in [1.29, 1.82) is 0 Å². The van der Waals surface area contributed by atoms with E-state index in [9.17, 15) is 19.7 Å². The summed E-state index contributed by atoms with van der Waals surface area (Å²) in [5.41, 5.74) is 3.82. The van der Waals surface area contributed by atoms with Gasteiger partial charge in [0.1, 0.15) is 6.04 Å². The normalized spacial score (nSPS) is 16.6. The molecule has 146 valence electrons. The lowest BCUT2D eigenvalue weighted by Gasteiger charge is -2.29. The van der Waals surface area contributed by atoms with E-state index in [0.29, 0.717) is 12.0 Å². The van der Waals surface area contributed by atoms with Crippen LogP contribution in [0.1, 0.15) is 47.8 Å². The minimum atomic E-state index is -0.635. The SMILES string of the molecule is CCC(C(=O)OC)N1C(=O)c2cc(-c3ccc([N+](=O)[O-])cc3C)ccc2C1C. The van der Waals surface area contributed by atoms with Crippen LogP contribution in [0, 0.1) is 17.0 Å². The summed E-state index contributed by atoms with van der Waals surface area (Å²) >= 11 is 0. The fraction of sp³-hybridized carbons (Fsp3) is 0.333. The molecule has 0 N–H and O–H groups in total. The lowest BCUT2D eigenvalue weighted by molar-refractivity contribution is -0.384. The second-order valence-electron chi connectivity index (χ2n) is 6.89. The average Bonchev–Trinajstić information content (AvgIpc) is 2.93. The van der Waals surface area contributed by atoms with Crippen molar-refractivity contribution < 1.29 is 19.2 Å². The molecule has 0 bridgehead atoms. The molecule has 2 unspecified atom stereocenters. The van der Waals surface area contributed by atoms with E-state index in [1.165, 1.54) is 19.2 Å². The number of nitrogens with zero attached hydrogens (tertiary/aromatic N) is 2. The third-order valence-corrected chi connectivity index (χ3v) is 5.31. The molecule has 0 saturated carbocycles. The number of amides is 1. The summed E-state index contributed by atoms with van der Waals surface area (Å²) in [4.78, 5) is 37.3. The van der Waals surface area contributed by atoms with Crippen LogP contribution in [0.2, 0.25) is 0 Å². The first-order chi connectivity index (χ1) is 13.3. The largest absolute Gasteiger partial charge is 0.467 e. The number of hydrogen-bond acceptors (Lipinski definition) is 5. The molecule has 2 aromatic rings. The summed E-state index contributed by atoms with van der Waals surface area (Å²) in [7, 11) is 1.32. The number of benzene rings is 2. The van der Waals surface area contributed by atoms with Gasteiger partial charge in [0.05, 0.1) is 18.1 Å². The van der Waals surface area contributed by atoms with Crippen LogP contribution in [0.25, 0.3) is 11.1 Å². The first kappa shape index (κ1) is 19.5. The Hall–Kier alpha value is -3.22. The number of nitro groups is 1. The Morgan fingerprint density at radius 3 is 2.54 bits per heavy atom. The molecule has 7 heteroatoms. The Morgan fingerprint density at radius 2 is 1.96 bits per heavy atom. The molecule has 3 rings (SSSR count). The van der Waals surface area contributed by atoms with Gasteiger partial charge < -0.3 is 9.64 Å². The highest BCUT2D eigenvalue weighted by Gasteiger charge is 2.41. The molecule has 2 atom stereocenters. The smallest absolute Gasteiger partial charge is 0.328 e. The maximum absolute atomic E-state index is 13.1. The monoisotopic (exact) mass is 382 g/mol. The van der Waals surface area contributed by atoms with E-state index in [0.717, 1.165) is 22.3 Å². The topological polar surface area (TPSA) is 89.8 Å². The van der Waals surface area contributed by atoms with Crippen molar-refractivity contribution in [3.8, 4) is 11.1 Å². The van der Waals surface area contributed by atoms with Gasteiger partial charge in [-0.3, -0.25) is 14.9 Å². The van der Waals surface area contributed by atoms with E-state index in [1.807, 2.05) is 26.0 Å². The number of carbonyl (C=O) groups excluding carboxylic acids is 2. The second kappa shape index (κ2) is 7.42. The number of methoxy groups -OCH3 is 1. The fourth-order valence-corrected chi connectivity index (χ4v) is 3.85. The first-order valence-corrected chi connectivity index (χ1v) is 9.10. The molecule has 0 radical (unpaired) electrons. The number of non-ortho nitro benzene ring substituents is 1. The average molecular weight is 382 g/mol. The van der Waals surface area contributed by atoms with Crippen molar-refractivity contribution in [1.82, 2.24) is 4.90 Å². The van der Waals surface area contributed by atoms with Gasteiger partial charge in [0.2, 0.25) is 0 Å². The lowest BCUT2D eigenvalue weighted by atomic mass is 9.95. The van der Waals surface area contributed by atoms with E-state index in [2.05, 4.69) is 0 Å². The molecular formula is C21H22N2O5. The highest BCUT2D eigenvalue weighted by atomic mass is 16.6. The molecule has 1 aliphatic rings. The Kier molecular flexibility index (Phi) is 5.18. The maximum Gasteiger partial charge on any atom is 0.328 e. The van der Waals surface area contributed by atoms with Crippen molar-refractivity contribution in [2.45, 2.75) is 39.3 Å². The van der Waals surface area contributed by atoms with Crippen LogP contribution >= 0.6 is 0 Å². The van der Waals surface area contributed by atoms with Gasteiger partial charge in [0.15, 0.2) is 0 Å². The van der Waals surface area contributed by atoms with Gasteiger partial charge in [-0.25, -0.2) is 4.79 Å². The molecule has 1 heterocycles. The van der Waals surface area contributed by atoms with Crippen molar-refractivity contribution in [2.75, 3.05) is 7.11 Å². The van der Waals surface area contributed by atoms with Gasteiger partial charge in [-0.1, -0.05) is 19.1 Å². The number of ether oxygens (including phenoxy) is 1. The summed E-state index contributed by atoms with van der Waals surface area (Å²) in [5.74, 6) is -0.636. The number of carbonyl (C=O) groups is 2. The molecule has 0 aliphatic carbocycles. The summed E-state index contributed by atoms with van der Waals surface area (Å²) in [5, 5.41) is 11.0. The zero-order valence-corrected chi connectivity index (χ0v) is 16.3. The summed E-state index contributed by atoms with van der Waals surface area (Å²) in [6, 6.07) is 9.38. The summed E-state index contributed by atoms with van der Waals surface area (Å²) < 4.78 is 4.86. The van der Waals surface area contributed by atoms with E-state index >= 15 is 0 Å². The van der Waals surface area contributed by atoms with Crippen molar-refractivity contribution >= 4 is 17.6 Å². The Balaban J connectivity index is 2.01. The molecule has 1 aliphatic heterocycles. The number of esters is 1. The highest BCUT2D eigenvalue weighted by molar-refractivity contribution is 6.02. The summed E-state index contributed by atoms with van der Waals surface area (Å²) in [6.07, 6.45) is 0.463. The number of hydrogen-bond donors (Lipinski definition) is 0. The van der Waals surface area contributed by atoms with Crippen molar-refractivity contribution in [3.05, 3.63) is 63.2 Å². The van der Waals surface area contributed by atoms with Crippen LogP contribution in [0.5, 0.6) is 0 Å². The molecule has 0 saturated heterocycles. The highest BCUT2D eigenvalue weighted by Crippen LogP contribution is 2.38. The van der Waals surface area contributed by atoms with E-state index in [1.54, 1.807) is 24.0 Å². The van der Waals surface area contributed by atoms with E-state index < -0.39 is 16.9 Å². The maximum atomic E-state index is 13.1. The van der Waals surface area contributed by atoms with Crippen LogP contribution in [-0.4, -0.2) is 34.9 Å². The number of nitro benzene ring substituents is 1. The summed E-state index contributed by atoms with van der Waals surface area (Å²) in [6.45, 7) is 5.54. The molecule has 2 aromatic carbocycles. The zero-order chi connectivity index (χ0) is 20.6. The first-order valence-electron chi connectivity index (χ1n) is 9.10. The second-order valence-corrected chi connectivity index (χ2v) is 6.89. The molecule has 0 aromatic heterocycles. The molecule has 0 fully saturated rings. The minimum Gasteiger partial charge on any atom is -0.467 e. The molecular weight excluding hydrogens is 360 g/mol. The van der Waals surface area contributed by atoms with Crippen LogP contribution in [0.4, 0.5) is 5.69 Å². The van der Waals surface area contributed by atoms with Gasteiger partial charge in [-0.15, -0.1) is 0 Å². The third-order valence-electron chi connectivity index (χ3n) is 5.31. The molecule has 7 nitrogen and oxygen atoms in total. The number of aryl methyl sites for hydroxylation is 1. The minimum absolute atomic E-state index is 0.0298. The van der Waals surface area contributed by atoms with E-state index in [4.69, 9.17) is 4.74 Å². The Labute approximate surface area is 163 Å². The van der Waals surface area contributed by atoms with Crippen molar-refractivity contribution in [3.63, 3.8) is 0 Å². The van der Waals surface area contributed by atoms with Gasteiger partial charge >= 0.3 is 5.97 Å². The third kappa shape index (κ3) is 3.13. The van der Waals surface area contributed by atoms with Crippen LogP contribution in [0.3, 0.4) is 0 Å². The molecule has 0 spiro atoms. The van der Waals surface area contributed by atoms with Gasteiger partial charge in [0.25, 0.3) is 11.6 Å². The molecule has 28 heavy (non-hydrogen) atoms. The Morgan fingerprint density at radius 1 is 1.25 bits per heavy atom. The van der Waals surface area contributed by atoms with Gasteiger partial charge in [0, 0.05) is 17.7 Å². The van der Waals surface area contributed by atoms with E-state index in [-0.39, 0.29) is 17.6 Å². The Bertz CT molecular complexity index is 969. The molecule has 1 amide bonds. The predicted octanol–water partition coefficient (Wildman–Crippen LogP) is 4.04. The van der Waals surface area contributed by atoms with Gasteiger partial charge in [-0.05, 0) is 54.7 Å². The lowest BCUT2D eigenvalue weighted by Crippen LogP contribution is -2.43. The van der Waals surface area contributed by atoms with Crippen LogP contribution in [0.15, 0.2) is 36.4 Å². The van der Waals surface area contributed by atoms with Gasteiger partial charge in [-0.2, -0.15) is 0 Å². The van der Waals surface area contributed by atoms with Crippen molar-refractivity contribution in [2.24, 2.45) is 0 Å².